The van der Waals surface area contributed by atoms with Gasteiger partial charge in [0.15, 0.2) is 5.96 Å². The molecule has 0 radical (unpaired) electrons. The van der Waals surface area contributed by atoms with E-state index in [4.69, 9.17) is 0 Å². The fraction of sp³-hybridized carbons (Fsp3) is 0.286. The third-order valence-electron chi connectivity index (χ3n) is 4.48. The van der Waals surface area contributed by atoms with Crippen LogP contribution in [0.3, 0.4) is 0 Å². The number of anilines is 2. The molecule has 2 aromatic carbocycles. The van der Waals surface area contributed by atoms with Crippen molar-refractivity contribution in [3.05, 3.63) is 60.2 Å². The lowest BCUT2D eigenvalue weighted by Gasteiger charge is -2.16. The Morgan fingerprint density at radius 2 is 1.82 bits per heavy atom. The van der Waals surface area contributed by atoms with Crippen LogP contribution in [0, 0.1) is 0 Å². The maximum Gasteiger partial charge on any atom is 0.243 e. The van der Waals surface area contributed by atoms with Crippen molar-refractivity contribution in [3.63, 3.8) is 0 Å². The van der Waals surface area contributed by atoms with Crippen LogP contribution in [-0.4, -0.2) is 37.9 Å². The summed E-state index contributed by atoms with van der Waals surface area (Å²) in [6.45, 7) is 1.47. The van der Waals surface area contributed by atoms with Crippen LogP contribution in [0.15, 0.2) is 59.6 Å². The number of carbonyl (C=O) groups is 2. The molecule has 1 saturated heterocycles. The molecule has 1 aliphatic heterocycles. The fourth-order valence-corrected chi connectivity index (χ4v) is 3.01. The van der Waals surface area contributed by atoms with Gasteiger partial charge >= 0.3 is 0 Å². The average molecular weight is 379 g/mol. The standard InChI is InChI=1S/C21H25N5O2/c1-22-21(24-15-19(27)25-17-6-3-2-4-7-17)23-14-16-9-11-18(12-10-16)26-13-5-8-20(26)28/h2-4,6-7,9-12H,5,8,13-15H2,1H3,(H,25,27)(H2,22,23,24). The topological polar surface area (TPSA) is 85.8 Å². The zero-order chi connectivity index (χ0) is 19.8. The van der Waals surface area contributed by atoms with E-state index in [1.165, 1.54) is 0 Å². The minimum atomic E-state index is -0.145. The Labute approximate surface area is 164 Å². The van der Waals surface area contributed by atoms with Crippen molar-refractivity contribution >= 4 is 29.1 Å². The van der Waals surface area contributed by atoms with Crippen LogP contribution in [0.25, 0.3) is 0 Å². The minimum Gasteiger partial charge on any atom is -0.352 e. The minimum absolute atomic E-state index is 0.116. The van der Waals surface area contributed by atoms with Crippen molar-refractivity contribution in [1.29, 1.82) is 0 Å². The second-order valence-electron chi connectivity index (χ2n) is 6.51. The number of para-hydroxylation sites is 1. The number of aliphatic imine (C=N–C) groups is 1. The summed E-state index contributed by atoms with van der Waals surface area (Å²) >= 11 is 0. The maximum absolute atomic E-state index is 12.0. The highest BCUT2D eigenvalue weighted by atomic mass is 16.2. The number of amides is 2. The molecule has 2 amide bonds. The number of nitrogens with one attached hydrogen (secondary N) is 3. The molecular formula is C21H25N5O2. The molecule has 0 aliphatic carbocycles. The zero-order valence-corrected chi connectivity index (χ0v) is 15.9. The normalized spacial score (nSPS) is 14.1. The highest BCUT2D eigenvalue weighted by Gasteiger charge is 2.21. The third-order valence-corrected chi connectivity index (χ3v) is 4.48. The van der Waals surface area contributed by atoms with Crippen LogP contribution >= 0.6 is 0 Å². The summed E-state index contributed by atoms with van der Waals surface area (Å²) in [6, 6.07) is 17.2. The first-order valence-corrected chi connectivity index (χ1v) is 9.34. The fourth-order valence-electron chi connectivity index (χ4n) is 3.01. The van der Waals surface area contributed by atoms with Gasteiger partial charge in [-0.05, 0) is 36.2 Å². The van der Waals surface area contributed by atoms with E-state index in [1.807, 2.05) is 59.5 Å². The van der Waals surface area contributed by atoms with Gasteiger partial charge in [0.1, 0.15) is 0 Å². The van der Waals surface area contributed by atoms with Gasteiger partial charge in [0.25, 0.3) is 0 Å². The molecule has 146 valence electrons. The Hall–Kier alpha value is -3.35. The van der Waals surface area contributed by atoms with Crippen LogP contribution < -0.4 is 20.9 Å². The molecule has 0 atom stereocenters. The smallest absolute Gasteiger partial charge is 0.243 e. The van der Waals surface area contributed by atoms with Gasteiger partial charge in [-0.15, -0.1) is 0 Å². The van der Waals surface area contributed by atoms with E-state index >= 15 is 0 Å². The largest absolute Gasteiger partial charge is 0.352 e. The van der Waals surface area contributed by atoms with E-state index in [2.05, 4.69) is 20.9 Å². The Morgan fingerprint density at radius 1 is 1.07 bits per heavy atom. The quantitative estimate of drug-likeness (QED) is 0.530. The summed E-state index contributed by atoms with van der Waals surface area (Å²) in [5.41, 5.74) is 2.76. The monoisotopic (exact) mass is 379 g/mol. The molecule has 3 N–H and O–H groups in total. The summed E-state index contributed by atoms with van der Waals surface area (Å²) in [5, 5.41) is 8.99. The van der Waals surface area contributed by atoms with Crippen molar-refractivity contribution in [2.75, 3.05) is 30.4 Å². The van der Waals surface area contributed by atoms with E-state index in [0.29, 0.717) is 18.9 Å². The molecule has 0 spiro atoms. The summed E-state index contributed by atoms with van der Waals surface area (Å²) < 4.78 is 0. The van der Waals surface area contributed by atoms with Crippen molar-refractivity contribution in [2.45, 2.75) is 19.4 Å². The van der Waals surface area contributed by atoms with Crippen molar-refractivity contribution in [2.24, 2.45) is 4.99 Å². The number of hydrogen-bond donors (Lipinski definition) is 3. The van der Waals surface area contributed by atoms with Gasteiger partial charge in [-0.3, -0.25) is 14.6 Å². The molecular weight excluding hydrogens is 354 g/mol. The van der Waals surface area contributed by atoms with E-state index < -0.39 is 0 Å². The van der Waals surface area contributed by atoms with Gasteiger partial charge in [-0.2, -0.15) is 0 Å². The second-order valence-corrected chi connectivity index (χ2v) is 6.51. The van der Waals surface area contributed by atoms with Crippen molar-refractivity contribution in [1.82, 2.24) is 10.6 Å². The van der Waals surface area contributed by atoms with E-state index in [9.17, 15) is 9.59 Å². The van der Waals surface area contributed by atoms with Crippen LogP contribution in [0.1, 0.15) is 18.4 Å². The van der Waals surface area contributed by atoms with Gasteiger partial charge in [-0.25, -0.2) is 0 Å². The zero-order valence-electron chi connectivity index (χ0n) is 15.9. The first-order chi connectivity index (χ1) is 13.7. The molecule has 0 saturated carbocycles. The Balaban J connectivity index is 1.45. The molecule has 0 bridgehead atoms. The molecule has 7 nitrogen and oxygen atoms in total. The van der Waals surface area contributed by atoms with Crippen LogP contribution in [0.4, 0.5) is 11.4 Å². The molecule has 0 unspecified atom stereocenters. The Bertz CT molecular complexity index is 834. The molecule has 7 heteroatoms. The lowest BCUT2D eigenvalue weighted by molar-refractivity contribution is -0.117. The summed E-state index contributed by atoms with van der Waals surface area (Å²) in [4.78, 5) is 29.8. The van der Waals surface area contributed by atoms with Crippen molar-refractivity contribution < 1.29 is 9.59 Å². The van der Waals surface area contributed by atoms with Crippen LogP contribution in [0.2, 0.25) is 0 Å². The highest BCUT2D eigenvalue weighted by Crippen LogP contribution is 2.21. The molecule has 1 heterocycles. The average Bonchev–Trinajstić information content (AvgIpc) is 3.15. The summed E-state index contributed by atoms with van der Waals surface area (Å²) in [5.74, 6) is 0.583. The van der Waals surface area contributed by atoms with Crippen LogP contribution in [-0.2, 0) is 16.1 Å². The van der Waals surface area contributed by atoms with Gasteiger partial charge in [0.2, 0.25) is 11.8 Å². The number of guanidine groups is 1. The van der Waals surface area contributed by atoms with Crippen molar-refractivity contribution in [3.8, 4) is 0 Å². The predicted octanol–water partition coefficient (Wildman–Crippen LogP) is 2.12. The lowest BCUT2D eigenvalue weighted by Crippen LogP contribution is -2.41. The Kier molecular flexibility index (Phi) is 6.62. The summed E-state index contributed by atoms with van der Waals surface area (Å²) in [6.07, 6.45) is 1.55. The number of carbonyl (C=O) groups excluding carboxylic acids is 2. The number of benzene rings is 2. The SMILES string of the molecule is CN=C(NCC(=O)Nc1ccccc1)NCc1ccc(N2CCCC2=O)cc1. The second kappa shape index (κ2) is 9.55. The molecule has 1 fully saturated rings. The molecule has 3 rings (SSSR count). The first kappa shape index (κ1) is 19.4. The number of rotatable bonds is 6. The third kappa shape index (κ3) is 5.33. The lowest BCUT2D eigenvalue weighted by atomic mass is 10.2. The van der Waals surface area contributed by atoms with Gasteiger partial charge in [0, 0.05) is 37.9 Å². The number of hydrogen-bond acceptors (Lipinski definition) is 3. The summed E-state index contributed by atoms with van der Waals surface area (Å²) in [7, 11) is 1.66. The van der Waals surface area contributed by atoms with E-state index in [0.717, 1.165) is 29.9 Å². The molecule has 28 heavy (non-hydrogen) atoms. The van der Waals surface area contributed by atoms with Gasteiger partial charge < -0.3 is 20.9 Å². The van der Waals surface area contributed by atoms with Gasteiger partial charge in [0.05, 0.1) is 6.54 Å². The Morgan fingerprint density at radius 3 is 2.46 bits per heavy atom. The molecule has 1 aliphatic rings. The highest BCUT2D eigenvalue weighted by molar-refractivity contribution is 5.95. The predicted molar refractivity (Wildman–Crippen MR) is 111 cm³/mol. The molecule has 2 aromatic rings. The van der Waals surface area contributed by atoms with E-state index in [-0.39, 0.29) is 18.4 Å². The number of nitrogens with zero attached hydrogens (tertiary/aromatic N) is 2. The van der Waals surface area contributed by atoms with Crippen LogP contribution in [0.5, 0.6) is 0 Å². The maximum atomic E-state index is 12.0. The molecule has 0 aromatic heterocycles. The first-order valence-electron chi connectivity index (χ1n) is 9.34. The van der Waals surface area contributed by atoms with E-state index in [1.54, 1.807) is 7.05 Å². The van der Waals surface area contributed by atoms with Gasteiger partial charge in [-0.1, -0.05) is 30.3 Å².